The maximum Gasteiger partial charge on any atom is 0.438 e. The molecule has 2 aromatic carbocycles. The van der Waals surface area contributed by atoms with Gasteiger partial charge >= 0.3 is 23.9 Å². The molecule has 3 aliphatic carbocycles. The van der Waals surface area contributed by atoms with E-state index in [9.17, 15) is 44.7 Å². The van der Waals surface area contributed by atoms with Crippen molar-refractivity contribution >= 4 is 16.1 Å². The van der Waals surface area contributed by atoms with Gasteiger partial charge in [0.25, 0.3) is 10.1 Å². The molecular formula is C22H18F6O6S. The van der Waals surface area contributed by atoms with Crippen LogP contribution in [0.4, 0.5) is 26.3 Å². The molecule has 0 amide bonds. The van der Waals surface area contributed by atoms with Gasteiger partial charge in [-0.2, -0.15) is 34.8 Å². The van der Waals surface area contributed by atoms with Crippen LogP contribution < -0.4 is 0 Å². The largest absolute Gasteiger partial charge is 0.438 e. The second-order valence-corrected chi connectivity index (χ2v) is 10.2. The van der Waals surface area contributed by atoms with E-state index in [1.165, 1.54) is 0 Å². The van der Waals surface area contributed by atoms with Crippen LogP contribution >= 0.6 is 0 Å². The standard InChI is InChI=1S/C22H18F6O6S/c23-21(24,25)20(22(26,27)28,11-35(31,32)33)34-18(30)19(10-29)9-16-12-5-1-3-7-14(12)17(19)15-8-4-2-6-13(15)16/h1-8,16-17,29H,9-11H2,(H,31,32,33). The SMILES string of the molecule is O=C(OC(CS(=O)(=O)O)(C(F)(F)F)C(F)(F)F)C1(CO)CC2c3ccccc3C1c1ccccc12. The first-order valence-corrected chi connectivity index (χ1v) is 11.8. The number of hydrogen-bond acceptors (Lipinski definition) is 5. The minimum Gasteiger partial charge on any atom is -0.438 e. The molecule has 13 heteroatoms. The molecule has 0 saturated heterocycles. The van der Waals surface area contributed by atoms with Crippen LogP contribution in [0, 0.1) is 5.41 Å². The zero-order valence-corrected chi connectivity index (χ0v) is 18.4. The van der Waals surface area contributed by atoms with Crippen molar-refractivity contribution in [3.63, 3.8) is 0 Å². The molecule has 0 spiro atoms. The van der Waals surface area contributed by atoms with Gasteiger partial charge in [0, 0.05) is 11.8 Å². The number of ether oxygens (including phenoxy) is 1. The van der Waals surface area contributed by atoms with Crippen LogP contribution in [-0.2, 0) is 19.6 Å². The Morgan fingerprint density at radius 1 is 0.914 bits per heavy atom. The highest BCUT2D eigenvalue weighted by atomic mass is 32.2. The first kappa shape index (κ1) is 25.5. The van der Waals surface area contributed by atoms with E-state index in [0.717, 1.165) is 0 Å². The lowest BCUT2D eigenvalue weighted by molar-refractivity contribution is -0.363. The number of carbonyl (C=O) groups is 1. The highest BCUT2D eigenvalue weighted by Crippen LogP contribution is 2.62. The summed E-state index contributed by atoms with van der Waals surface area (Å²) in [5.74, 6) is -6.87. The first-order valence-electron chi connectivity index (χ1n) is 10.2. The third-order valence-corrected chi connectivity index (χ3v) is 7.51. The van der Waals surface area contributed by atoms with Crippen LogP contribution in [0.2, 0.25) is 0 Å². The molecule has 190 valence electrons. The molecule has 6 nitrogen and oxygen atoms in total. The molecule has 2 aromatic rings. The van der Waals surface area contributed by atoms with E-state index in [1.54, 1.807) is 48.5 Å². The molecule has 3 aliphatic rings. The number of carbonyl (C=O) groups excluding carboxylic acids is 1. The maximum atomic E-state index is 13.8. The second-order valence-electron chi connectivity index (χ2n) is 8.70. The number of hydrogen-bond donors (Lipinski definition) is 2. The Bertz CT molecular complexity index is 1210. The number of rotatable bonds is 5. The first-order chi connectivity index (χ1) is 16.1. The van der Waals surface area contributed by atoms with Gasteiger partial charge in [0.1, 0.15) is 11.2 Å². The van der Waals surface area contributed by atoms with Crippen LogP contribution in [0.5, 0.6) is 0 Å². The summed E-state index contributed by atoms with van der Waals surface area (Å²) in [5.41, 5.74) is -5.59. The van der Waals surface area contributed by atoms with Crippen LogP contribution in [0.1, 0.15) is 40.5 Å². The van der Waals surface area contributed by atoms with Crippen molar-refractivity contribution in [2.75, 3.05) is 12.4 Å². The molecule has 0 heterocycles. The number of aliphatic hydroxyl groups is 1. The highest BCUT2D eigenvalue weighted by molar-refractivity contribution is 7.85. The maximum absolute atomic E-state index is 13.8. The number of alkyl halides is 6. The van der Waals surface area contributed by atoms with Gasteiger partial charge in [-0.1, -0.05) is 48.5 Å². The molecule has 0 aliphatic heterocycles. The zero-order valence-electron chi connectivity index (χ0n) is 17.6. The lowest BCUT2D eigenvalue weighted by Crippen LogP contribution is -2.65. The molecule has 5 rings (SSSR count). The molecule has 1 unspecified atom stereocenters. The van der Waals surface area contributed by atoms with Gasteiger partial charge in [0.2, 0.25) is 0 Å². The van der Waals surface area contributed by atoms with Crippen LogP contribution in [0.25, 0.3) is 0 Å². The third-order valence-electron chi connectivity index (χ3n) is 6.74. The van der Waals surface area contributed by atoms with Crippen molar-refractivity contribution < 1.29 is 54.0 Å². The van der Waals surface area contributed by atoms with E-state index in [0.29, 0.717) is 22.3 Å². The molecular weight excluding hydrogens is 506 g/mol. The number of halogens is 6. The number of aliphatic hydroxyl groups excluding tert-OH is 1. The Morgan fingerprint density at radius 2 is 1.34 bits per heavy atom. The van der Waals surface area contributed by atoms with Crippen molar-refractivity contribution in [1.82, 2.24) is 0 Å². The highest BCUT2D eigenvalue weighted by Gasteiger charge is 2.77. The molecule has 0 aromatic heterocycles. The third kappa shape index (κ3) is 3.80. The number of fused-ring (bicyclic) bond motifs is 1. The quantitative estimate of drug-likeness (QED) is 0.349. The molecule has 0 fully saturated rings. The summed E-state index contributed by atoms with van der Waals surface area (Å²) in [6, 6.07) is 13.1. The fourth-order valence-corrected chi connectivity index (χ4v) is 6.12. The topological polar surface area (TPSA) is 101 Å². The van der Waals surface area contributed by atoms with E-state index < -0.39 is 63.7 Å². The molecule has 2 bridgehead atoms. The van der Waals surface area contributed by atoms with E-state index in [4.69, 9.17) is 4.55 Å². The average molecular weight is 524 g/mol. The van der Waals surface area contributed by atoms with E-state index >= 15 is 0 Å². The fraction of sp³-hybridized carbons (Fsp3) is 0.409. The minimum atomic E-state index is -6.46. The van der Waals surface area contributed by atoms with E-state index in [2.05, 4.69) is 4.74 Å². The Balaban J connectivity index is 1.90. The lowest BCUT2D eigenvalue weighted by atomic mass is 9.52. The van der Waals surface area contributed by atoms with E-state index in [1.807, 2.05) is 0 Å². The van der Waals surface area contributed by atoms with Crippen molar-refractivity contribution in [3.8, 4) is 0 Å². The van der Waals surface area contributed by atoms with Crippen LogP contribution in [0.15, 0.2) is 48.5 Å². The molecule has 1 atom stereocenters. The lowest BCUT2D eigenvalue weighted by Gasteiger charge is -2.51. The monoisotopic (exact) mass is 524 g/mol. The average Bonchev–Trinajstić information content (AvgIpc) is 2.76. The second kappa shape index (κ2) is 7.93. The molecule has 2 N–H and O–H groups in total. The van der Waals surface area contributed by atoms with Crippen LogP contribution in [0.3, 0.4) is 0 Å². The smallest absolute Gasteiger partial charge is 0.438 e. The van der Waals surface area contributed by atoms with Crippen molar-refractivity contribution in [2.45, 2.75) is 36.2 Å². The van der Waals surface area contributed by atoms with Gasteiger partial charge < -0.3 is 9.84 Å². The Morgan fingerprint density at radius 3 is 1.71 bits per heavy atom. The predicted molar refractivity (Wildman–Crippen MR) is 108 cm³/mol. The molecule has 0 saturated carbocycles. The fourth-order valence-electron chi connectivity index (χ4n) is 5.22. The van der Waals surface area contributed by atoms with Gasteiger partial charge in [-0.3, -0.25) is 9.35 Å². The summed E-state index contributed by atoms with van der Waals surface area (Å²) in [5, 5.41) is 10.3. The van der Waals surface area contributed by atoms with Gasteiger partial charge in [0.15, 0.2) is 0 Å². The molecule has 0 radical (unpaired) electrons. The summed E-state index contributed by atoms with van der Waals surface area (Å²) >= 11 is 0. The summed E-state index contributed by atoms with van der Waals surface area (Å²) in [6.45, 7) is -1.17. The predicted octanol–water partition coefficient (Wildman–Crippen LogP) is 3.94. The van der Waals surface area contributed by atoms with Gasteiger partial charge in [-0.05, 0) is 28.7 Å². The van der Waals surface area contributed by atoms with Gasteiger partial charge in [0.05, 0.1) is 6.61 Å². The summed E-state index contributed by atoms with van der Waals surface area (Å²) in [7, 11) is -5.94. The molecule has 35 heavy (non-hydrogen) atoms. The minimum absolute atomic E-state index is 0.376. The van der Waals surface area contributed by atoms with E-state index in [-0.39, 0.29) is 6.42 Å². The number of benzene rings is 2. The van der Waals surface area contributed by atoms with Crippen molar-refractivity contribution in [2.24, 2.45) is 5.41 Å². The van der Waals surface area contributed by atoms with Gasteiger partial charge in [-0.25, -0.2) is 0 Å². The van der Waals surface area contributed by atoms with Crippen molar-refractivity contribution in [3.05, 3.63) is 70.8 Å². The summed E-state index contributed by atoms with van der Waals surface area (Å²) in [6.07, 6.45) is -13.3. The zero-order chi connectivity index (χ0) is 26.0. The summed E-state index contributed by atoms with van der Waals surface area (Å²) < 4.78 is 118. The van der Waals surface area contributed by atoms with Gasteiger partial charge in [-0.15, -0.1) is 0 Å². The van der Waals surface area contributed by atoms with Crippen molar-refractivity contribution in [1.29, 1.82) is 0 Å². The Labute approximate surface area is 195 Å². The Kier molecular flexibility index (Phi) is 5.77. The number of esters is 1. The van der Waals surface area contributed by atoms with Crippen LogP contribution in [-0.4, -0.2) is 54.4 Å². The Hall–Kier alpha value is -2.64. The normalized spacial score (nSPS) is 24.0. The summed E-state index contributed by atoms with van der Waals surface area (Å²) in [4.78, 5) is 13.3.